The van der Waals surface area contributed by atoms with Crippen molar-refractivity contribution in [3.8, 4) is 0 Å². The van der Waals surface area contributed by atoms with Crippen molar-refractivity contribution >= 4 is 11.9 Å². The van der Waals surface area contributed by atoms with Gasteiger partial charge >= 0.3 is 6.03 Å². The monoisotopic (exact) mass is 344 g/mol. The Kier molecular flexibility index (Phi) is 5.27. The van der Waals surface area contributed by atoms with Crippen LogP contribution in [0.1, 0.15) is 30.9 Å². The van der Waals surface area contributed by atoms with Gasteiger partial charge in [-0.05, 0) is 37.6 Å². The summed E-state index contributed by atoms with van der Waals surface area (Å²) in [6.45, 7) is 4.16. The molecule has 2 N–H and O–H groups in total. The molecule has 3 rings (SSSR count). The van der Waals surface area contributed by atoms with Gasteiger partial charge in [0.2, 0.25) is 5.91 Å². The van der Waals surface area contributed by atoms with Crippen LogP contribution in [0.25, 0.3) is 0 Å². The predicted molar refractivity (Wildman–Crippen MR) is 96.9 cm³/mol. The second-order valence-electron chi connectivity index (χ2n) is 7.61. The van der Waals surface area contributed by atoms with Crippen molar-refractivity contribution in [3.63, 3.8) is 0 Å². The van der Waals surface area contributed by atoms with Gasteiger partial charge in [0.15, 0.2) is 0 Å². The zero-order valence-electron chi connectivity index (χ0n) is 15.3. The first kappa shape index (κ1) is 17.7. The Bertz CT molecular complexity index is 646. The standard InChI is InChI=1S/C19H28N4O2/c1-13-7-17(13)23-12-16(9-18(23)24)21-19(25)20-10-14-5-4-6-15(8-14)11-22(2)3/h4-6,8,13,16-17H,7,9-12H2,1-3H3,(H2,20,21,25)/t13-,16-,17-/m1/s1. The third-order valence-electron chi connectivity index (χ3n) is 4.90. The number of nitrogens with zero attached hydrogens (tertiary/aromatic N) is 2. The third-order valence-corrected chi connectivity index (χ3v) is 4.90. The topological polar surface area (TPSA) is 64.7 Å². The molecule has 136 valence electrons. The van der Waals surface area contributed by atoms with Gasteiger partial charge < -0.3 is 20.4 Å². The maximum atomic E-state index is 12.1. The summed E-state index contributed by atoms with van der Waals surface area (Å²) in [5.41, 5.74) is 2.30. The number of hydrogen-bond donors (Lipinski definition) is 2. The number of carbonyl (C=O) groups excluding carboxylic acids is 2. The van der Waals surface area contributed by atoms with Crippen molar-refractivity contribution in [2.24, 2.45) is 5.92 Å². The van der Waals surface area contributed by atoms with Gasteiger partial charge in [-0.2, -0.15) is 0 Å². The zero-order valence-corrected chi connectivity index (χ0v) is 15.3. The van der Waals surface area contributed by atoms with Crippen LogP contribution < -0.4 is 10.6 Å². The van der Waals surface area contributed by atoms with E-state index in [2.05, 4.69) is 34.6 Å². The van der Waals surface area contributed by atoms with E-state index in [1.165, 1.54) is 5.56 Å². The fourth-order valence-corrected chi connectivity index (χ4v) is 3.51. The minimum Gasteiger partial charge on any atom is -0.337 e. The molecule has 1 aliphatic heterocycles. The van der Waals surface area contributed by atoms with Crippen molar-refractivity contribution in [2.75, 3.05) is 20.6 Å². The minimum atomic E-state index is -0.207. The molecule has 6 nitrogen and oxygen atoms in total. The van der Waals surface area contributed by atoms with Crippen LogP contribution in [0.15, 0.2) is 24.3 Å². The molecule has 1 aromatic carbocycles. The summed E-state index contributed by atoms with van der Waals surface area (Å²) < 4.78 is 0. The van der Waals surface area contributed by atoms with E-state index in [4.69, 9.17) is 0 Å². The Hall–Kier alpha value is -2.08. The molecule has 1 heterocycles. The highest BCUT2D eigenvalue weighted by Crippen LogP contribution is 2.37. The zero-order chi connectivity index (χ0) is 18.0. The van der Waals surface area contributed by atoms with Crippen molar-refractivity contribution in [1.29, 1.82) is 0 Å². The lowest BCUT2D eigenvalue weighted by atomic mass is 10.1. The van der Waals surface area contributed by atoms with Gasteiger partial charge in [0.25, 0.3) is 0 Å². The van der Waals surface area contributed by atoms with E-state index >= 15 is 0 Å². The molecule has 0 spiro atoms. The van der Waals surface area contributed by atoms with Gasteiger partial charge in [-0.25, -0.2) is 4.79 Å². The molecule has 1 saturated carbocycles. The fourth-order valence-electron chi connectivity index (χ4n) is 3.51. The number of urea groups is 1. The maximum Gasteiger partial charge on any atom is 0.315 e. The molecule has 0 aromatic heterocycles. The summed E-state index contributed by atoms with van der Waals surface area (Å²) in [7, 11) is 4.07. The van der Waals surface area contributed by atoms with Gasteiger partial charge in [-0.1, -0.05) is 31.2 Å². The van der Waals surface area contributed by atoms with Gasteiger partial charge in [0, 0.05) is 32.1 Å². The van der Waals surface area contributed by atoms with Crippen LogP contribution in [0.5, 0.6) is 0 Å². The molecule has 3 amide bonds. The van der Waals surface area contributed by atoms with Crippen LogP contribution >= 0.6 is 0 Å². The first-order chi connectivity index (χ1) is 11.9. The number of nitrogens with one attached hydrogen (secondary N) is 2. The Balaban J connectivity index is 1.45. The maximum absolute atomic E-state index is 12.1. The summed E-state index contributed by atoms with van der Waals surface area (Å²) >= 11 is 0. The minimum absolute atomic E-state index is 0.0830. The molecule has 0 radical (unpaired) electrons. The molecular formula is C19H28N4O2. The number of carbonyl (C=O) groups is 2. The highest BCUT2D eigenvalue weighted by molar-refractivity contribution is 5.82. The number of benzene rings is 1. The molecule has 2 aliphatic rings. The lowest BCUT2D eigenvalue weighted by Crippen LogP contribution is -2.43. The third kappa shape index (κ3) is 4.72. The number of likely N-dealkylation sites (tertiary alicyclic amines) is 1. The first-order valence-electron chi connectivity index (χ1n) is 8.98. The Morgan fingerprint density at radius 3 is 2.72 bits per heavy atom. The molecule has 1 aliphatic carbocycles. The average Bonchev–Trinajstić information content (AvgIpc) is 3.15. The normalized spacial score (nSPS) is 25.4. The molecule has 0 bridgehead atoms. The van der Waals surface area contributed by atoms with Crippen LogP contribution in [0.3, 0.4) is 0 Å². The SMILES string of the molecule is C[C@@H]1C[C@H]1N1C[C@H](NC(=O)NCc2cccc(CN(C)C)c2)CC1=O. The summed E-state index contributed by atoms with van der Waals surface area (Å²) in [6, 6.07) is 8.31. The molecule has 25 heavy (non-hydrogen) atoms. The van der Waals surface area contributed by atoms with Crippen LogP contribution in [-0.2, 0) is 17.9 Å². The quantitative estimate of drug-likeness (QED) is 0.823. The Morgan fingerprint density at radius 2 is 2.04 bits per heavy atom. The molecule has 1 saturated heterocycles. The van der Waals surface area contributed by atoms with E-state index in [9.17, 15) is 9.59 Å². The highest BCUT2D eigenvalue weighted by Gasteiger charge is 2.44. The van der Waals surface area contributed by atoms with E-state index in [0.29, 0.717) is 31.5 Å². The van der Waals surface area contributed by atoms with Crippen LogP contribution in [0.2, 0.25) is 0 Å². The molecule has 1 aromatic rings. The van der Waals surface area contributed by atoms with Crippen LogP contribution in [-0.4, -0.2) is 54.5 Å². The number of amides is 3. The second kappa shape index (κ2) is 7.44. The second-order valence-corrected chi connectivity index (χ2v) is 7.61. The van der Waals surface area contributed by atoms with Crippen molar-refractivity contribution in [2.45, 2.75) is 44.9 Å². The largest absolute Gasteiger partial charge is 0.337 e. The van der Waals surface area contributed by atoms with E-state index in [1.807, 2.05) is 31.1 Å². The van der Waals surface area contributed by atoms with E-state index in [0.717, 1.165) is 18.5 Å². The summed E-state index contributed by atoms with van der Waals surface area (Å²) in [4.78, 5) is 28.2. The van der Waals surface area contributed by atoms with Crippen LogP contribution in [0, 0.1) is 5.92 Å². The first-order valence-corrected chi connectivity index (χ1v) is 8.98. The summed E-state index contributed by atoms with van der Waals surface area (Å²) in [5.74, 6) is 0.766. The van der Waals surface area contributed by atoms with Crippen molar-refractivity contribution in [1.82, 2.24) is 20.4 Å². The van der Waals surface area contributed by atoms with E-state index in [1.54, 1.807) is 0 Å². The molecular weight excluding hydrogens is 316 g/mol. The molecule has 2 fully saturated rings. The predicted octanol–water partition coefficient (Wildman–Crippen LogP) is 1.56. The van der Waals surface area contributed by atoms with Gasteiger partial charge in [-0.3, -0.25) is 4.79 Å². The summed E-state index contributed by atoms with van der Waals surface area (Å²) in [5, 5.41) is 5.83. The summed E-state index contributed by atoms with van der Waals surface area (Å²) in [6.07, 6.45) is 1.50. The molecule has 0 unspecified atom stereocenters. The number of hydrogen-bond acceptors (Lipinski definition) is 3. The van der Waals surface area contributed by atoms with Crippen molar-refractivity contribution in [3.05, 3.63) is 35.4 Å². The molecule has 3 atom stereocenters. The number of rotatable bonds is 6. The van der Waals surface area contributed by atoms with Crippen molar-refractivity contribution < 1.29 is 9.59 Å². The Morgan fingerprint density at radius 1 is 1.32 bits per heavy atom. The highest BCUT2D eigenvalue weighted by atomic mass is 16.2. The van der Waals surface area contributed by atoms with Gasteiger partial charge in [-0.15, -0.1) is 0 Å². The lowest BCUT2D eigenvalue weighted by molar-refractivity contribution is -0.128. The smallest absolute Gasteiger partial charge is 0.315 e. The molecule has 6 heteroatoms. The average molecular weight is 344 g/mol. The van der Waals surface area contributed by atoms with E-state index < -0.39 is 0 Å². The Labute approximate surface area is 149 Å². The lowest BCUT2D eigenvalue weighted by Gasteiger charge is -2.17. The van der Waals surface area contributed by atoms with Crippen LogP contribution in [0.4, 0.5) is 4.79 Å². The van der Waals surface area contributed by atoms with Gasteiger partial charge in [0.05, 0.1) is 6.04 Å². The van der Waals surface area contributed by atoms with E-state index in [-0.39, 0.29) is 18.0 Å². The van der Waals surface area contributed by atoms with Gasteiger partial charge in [0.1, 0.15) is 0 Å². The fraction of sp³-hybridized carbons (Fsp3) is 0.579.